The van der Waals surface area contributed by atoms with Crippen LogP contribution in [0.4, 0.5) is 5.69 Å². The summed E-state index contributed by atoms with van der Waals surface area (Å²) in [5.74, 6) is 1.87. The lowest BCUT2D eigenvalue weighted by Crippen LogP contribution is -2.47. The fourth-order valence-electron chi connectivity index (χ4n) is 3.35. The number of methoxy groups -OCH3 is 1. The first-order valence-electron chi connectivity index (χ1n) is 8.38. The van der Waals surface area contributed by atoms with E-state index in [2.05, 4.69) is 12.2 Å². The van der Waals surface area contributed by atoms with Crippen LogP contribution in [0, 0.1) is 11.8 Å². The maximum absolute atomic E-state index is 13.1. The first kappa shape index (κ1) is 15.3. The molecule has 3 rings (SSSR count). The maximum Gasteiger partial charge on any atom is 0.231 e. The van der Waals surface area contributed by atoms with E-state index in [9.17, 15) is 4.79 Å². The molecule has 120 valence electrons. The first-order chi connectivity index (χ1) is 10.7. The van der Waals surface area contributed by atoms with Crippen LogP contribution in [0.2, 0.25) is 0 Å². The molecule has 0 bridgehead atoms. The van der Waals surface area contributed by atoms with Crippen molar-refractivity contribution in [3.05, 3.63) is 24.3 Å². The second-order valence-corrected chi connectivity index (χ2v) is 6.53. The molecule has 2 fully saturated rings. The average molecular weight is 302 g/mol. The summed E-state index contributed by atoms with van der Waals surface area (Å²) in [7, 11) is 1.67. The summed E-state index contributed by atoms with van der Waals surface area (Å²) in [5, 5.41) is 3.36. The van der Waals surface area contributed by atoms with Crippen molar-refractivity contribution < 1.29 is 9.53 Å². The number of benzene rings is 1. The lowest BCUT2D eigenvalue weighted by atomic mass is 9.96. The van der Waals surface area contributed by atoms with Crippen LogP contribution in [0.15, 0.2) is 24.3 Å². The minimum Gasteiger partial charge on any atom is -0.497 e. The van der Waals surface area contributed by atoms with E-state index >= 15 is 0 Å². The SMILES string of the molecule is COc1ccc(N(C(=O)C2CCCNC2)C(C)C2CC2)cc1. The molecule has 1 aromatic carbocycles. The highest BCUT2D eigenvalue weighted by atomic mass is 16.5. The summed E-state index contributed by atoms with van der Waals surface area (Å²) in [6.07, 6.45) is 4.56. The van der Waals surface area contributed by atoms with Crippen molar-refractivity contribution in [1.82, 2.24) is 5.32 Å². The van der Waals surface area contributed by atoms with Crippen molar-refractivity contribution in [2.45, 2.75) is 38.6 Å². The molecule has 1 aliphatic heterocycles. The van der Waals surface area contributed by atoms with Crippen LogP contribution in [0.25, 0.3) is 0 Å². The van der Waals surface area contributed by atoms with Gasteiger partial charge in [0.2, 0.25) is 5.91 Å². The molecule has 0 spiro atoms. The Morgan fingerprint density at radius 2 is 2.00 bits per heavy atom. The van der Waals surface area contributed by atoms with Gasteiger partial charge in [-0.2, -0.15) is 0 Å². The zero-order valence-electron chi connectivity index (χ0n) is 13.5. The van der Waals surface area contributed by atoms with Gasteiger partial charge in [0.25, 0.3) is 0 Å². The first-order valence-corrected chi connectivity index (χ1v) is 8.38. The number of ether oxygens (including phenoxy) is 1. The molecule has 4 heteroatoms. The molecule has 22 heavy (non-hydrogen) atoms. The van der Waals surface area contributed by atoms with Crippen molar-refractivity contribution >= 4 is 11.6 Å². The fraction of sp³-hybridized carbons (Fsp3) is 0.611. The Labute approximate surface area is 132 Å². The predicted octanol–water partition coefficient (Wildman–Crippen LogP) is 2.83. The lowest BCUT2D eigenvalue weighted by Gasteiger charge is -2.34. The largest absolute Gasteiger partial charge is 0.497 e. The molecule has 1 heterocycles. The highest BCUT2D eigenvalue weighted by molar-refractivity contribution is 5.96. The Morgan fingerprint density at radius 1 is 1.27 bits per heavy atom. The summed E-state index contributed by atoms with van der Waals surface area (Å²) in [4.78, 5) is 15.1. The number of piperidine rings is 1. The van der Waals surface area contributed by atoms with Crippen LogP contribution in [0.3, 0.4) is 0 Å². The molecule has 1 aromatic rings. The molecule has 2 unspecified atom stereocenters. The standard InChI is InChI=1S/C18H26N2O2/c1-13(14-5-6-14)20(16-7-9-17(22-2)10-8-16)18(21)15-4-3-11-19-12-15/h7-10,13-15,19H,3-6,11-12H2,1-2H3. The summed E-state index contributed by atoms with van der Waals surface area (Å²) in [6.45, 7) is 4.03. The fourth-order valence-corrected chi connectivity index (χ4v) is 3.35. The Hall–Kier alpha value is -1.55. The van der Waals surface area contributed by atoms with Crippen molar-refractivity contribution in [3.63, 3.8) is 0 Å². The van der Waals surface area contributed by atoms with E-state index in [1.165, 1.54) is 12.8 Å². The molecular formula is C18H26N2O2. The number of carbonyl (C=O) groups is 1. The van der Waals surface area contributed by atoms with Crippen LogP contribution >= 0.6 is 0 Å². The van der Waals surface area contributed by atoms with E-state index in [0.29, 0.717) is 5.92 Å². The second kappa shape index (κ2) is 6.69. The molecule has 1 aliphatic carbocycles. The van der Waals surface area contributed by atoms with Gasteiger partial charge in [0.05, 0.1) is 13.0 Å². The van der Waals surface area contributed by atoms with Crippen molar-refractivity contribution in [2.24, 2.45) is 11.8 Å². The molecule has 1 amide bonds. The monoisotopic (exact) mass is 302 g/mol. The zero-order chi connectivity index (χ0) is 15.5. The van der Waals surface area contributed by atoms with Gasteiger partial charge in [-0.1, -0.05) is 0 Å². The molecule has 0 radical (unpaired) electrons. The Morgan fingerprint density at radius 3 is 2.55 bits per heavy atom. The van der Waals surface area contributed by atoms with Crippen LogP contribution in [-0.4, -0.2) is 32.1 Å². The normalized spacial score (nSPS) is 22.9. The minimum atomic E-state index is 0.108. The van der Waals surface area contributed by atoms with E-state index in [0.717, 1.165) is 37.4 Å². The van der Waals surface area contributed by atoms with Gasteiger partial charge in [-0.25, -0.2) is 0 Å². The Kier molecular flexibility index (Phi) is 4.67. The summed E-state index contributed by atoms with van der Waals surface area (Å²) < 4.78 is 5.23. The van der Waals surface area contributed by atoms with Gasteiger partial charge >= 0.3 is 0 Å². The summed E-state index contributed by atoms with van der Waals surface area (Å²) in [5.41, 5.74) is 0.996. The highest BCUT2D eigenvalue weighted by Crippen LogP contribution is 2.38. The number of carbonyl (C=O) groups excluding carboxylic acids is 1. The van der Waals surface area contributed by atoms with Gasteiger partial charge in [-0.15, -0.1) is 0 Å². The third-order valence-corrected chi connectivity index (χ3v) is 4.95. The van der Waals surface area contributed by atoms with Gasteiger partial charge in [0.1, 0.15) is 5.75 Å². The molecule has 4 nitrogen and oxygen atoms in total. The van der Waals surface area contributed by atoms with Crippen molar-refractivity contribution in [2.75, 3.05) is 25.1 Å². The van der Waals surface area contributed by atoms with E-state index < -0.39 is 0 Å². The molecule has 2 aliphatic rings. The number of nitrogens with zero attached hydrogens (tertiary/aromatic N) is 1. The van der Waals surface area contributed by atoms with Crippen LogP contribution in [0.5, 0.6) is 5.75 Å². The van der Waals surface area contributed by atoms with Gasteiger partial charge < -0.3 is 15.0 Å². The topological polar surface area (TPSA) is 41.6 Å². The van der Waals surface area contributed by atoms with Crippen LogP contribution < -0.4 is 15.0 Å². The molecular weight excluding hydrogens is 276 g/mol. The van der Waals surface area contributed by atoms with Gasteiger partial charge in [-0.05, 0) is 69.3 Å². The quantitative estimate of drug-likeness (QED) is 0.909. The molecule has 0 aromatic heterocycles. The lowest BCUT2D eigenvalue weighted by molar-refractivity contribution is -0.123. The Bertz CT molecular complexity index is 504. The highest BCUT2D eigenvalue weighted by Gasteiger charge is 2.37. The summed E-state index contributed by atoms with van der Waals surface area (Å²) >= 11 is 0. The minimum absolute atomic E-state index is 0.108. The third-order valence-electron chi connectivity index (χ3n) is 4.95. The molecule has 1 saturated carbocycles. The molecule has 1 saturated heterocycles. The zero-order valence-corrected chi connectivity index (χ0v) is 13.5. The van der Waals surface area contributed by atoms with E-state index in [1.54, 1.807) is 7.11 Å². The molecule has 2 atom stereocenters. The smallest absolute Gasteiger partial charge is 0.231 e. The third kappa shape index (κ3) is 3.27. The number of hydrogen-bond donors (Lipinski definition) is 1. The average Bonchev–Trinajstić information content (AvgIpc) is 3.41. The maximum atomic E-state index is 13.1. The Balaban J connectivity index is 1.83. The van der Waals surface area contributed by atoms with Gasteiger partial charge in [0, 0.05) is 18.3 Å². The van der Waals surface area contributed by atoms with E-state index in [-0.39, 0.29) is 17.9 Å². The van der Waals surface area contributed by atoms with E-state index in [1.807, 2.05) is 29.2 Å². The molecule has 1 N–H and O–H groups in total. The van der Waals surface area contributed by atoms with Crippen molar-refractivity contribution in [3.8, 4) is 5.75 Å². The van der Waals surface area contributed by atoms with Crippen LogP contribution in [0.1, 0.15) is 32.6 Å². The number of hydrogen-bond acceptors (Lipinski definition) is 3. The van der Waals surface area contributed by atoms with Crippen LogP contribution in [-0.2, 0) is 4.79 Å². The number of nitrogens with one attached hydrogen (secondary N) is 1. The predicted molar refractivity (Wildman–Crippen MR) is 88.3 cm³/mol. The number of rotatable bonds is 5. The number of amides is 1. The summed E-state index contributed by atoms with van der Waals surface area (Å²) in [6, 6.07) is 8.17. The van der Waals surface area contributed by atoms with Gasteiger partial charge in [0.15, 0.2) is 0 Å². The second-order valence-electron chi connectivity index (χ2n) is 6.53. The van der Waals surface area contributed by atoms with Crippen molar-refractivity contribution in [1.29, 1.82) is 0 Å². The van der Waals surface area contributed by atoms with E-state index in [4.69, 9.17) is 4.74 Å². The number of anilines is 1. The van der Waals surface area contributed by atoms with Gasteiger partial charge in [-0.3, -0.25) is 4.79 Å².